The minimum Gasteiger partial charge on any atom is -0.271 e. The van der Waals surface area contributed by atoms with E-state index < -0.39 is 24.0 Å². The highest BCUT2D eigenvalue weighted by Crippen LogP contribution is 2.43. The molecule has 3 N–H and O–H groups in total. The van der Waals surface area contributed by atoms with Crippen LogP contribution in [0.2, 0.25) is 5.02 Å². The molecule has 0 spiro atoms. The van der Waals surface area contributed by atoms with Crippen LogP contribution in [-0.2, 0) is 0 Å². The Morgan fingerprint density at radius 3 is 2.29 bits per heavy atom. The van der Waals surface area contributed by atoms with Crippen molar-refractivity contribution in [2.24, 2.45) is 17.7 Å². The summed E-state index contributed by atoms with van der Waals surface area (Å²) in [5.74, 6) is 3.61. The summed E-state index contributed by atoms with van der Waals surface area (Å²) < 4.78 is 52.0. The molecule has 21 heavy (non-hydrogen) atoms. The summed E-state index contributed by atoms with van der Waals surface area (Å²) in [4.78, 5) is 0. The van der Waals surface area contributed by atoms with Gasteiger partial charge in [-0.25, -0.2) is 4.39 Å². The molecule has 1 aromatic rings. The molecular formula is C14H17ClF4N2. The summed E-state index contributed by atoms with van der Waals surface area (Å²) in [5, 5.41) is 0.271. The van der Waals surface area contributed by atoms with E-state index in [1.54, 1.807) is 6.07 Å². The molecule has 0 saturated heterocycles. The van der Waals surface area contributed by atoms with Crippen molar-refractivity contribution in [3.05, 3.63) is 34.6 Å². The minimum atomic E-state index is -4.15. The minimum absolute atomic E-state index is 0.0571. The monoisotopic (exact) mass is 324 g/mol. The SMILES string of the molecule is NNC(c1ccc(Cl)cc1F)C1CCC(C(F)(F)F)CC1. The maximum Gasteiger partial charge on any atom is 0.391 e. The number of halogens is 5. The smallest absolute Gasteiger partial charge is 0.271 e. The largest absolute Gasteiger partial charge is 0.391 e. The average molecular weight is 325 g/mol. The van der Waals surface area contributed by atoms with Crippen LogP contribution in [-0.4, -0.2) is 6.18 Å². The first kappa shape index (κ1) is 16.5. The Bertz CT molecular complexity index is 484. The van der Waals surface area contributed by atoms with E-state index in [4.69, 9.17) is 17.4 Å². The quantitative estimate of drug-likeness (QED) is 0.493. The van der Waals surface area contributed by atoms with E-state index in [1.165, 1.54) is 12.1 Å². The van der Waals surface area contributed by atoms with Crippen molar-refractivity contribution in [3.63, 3.8) is 0 Å². The highest BCUT2D eigenvalue weighted by Gasteiger charge is 2.42. The van der Waals surface area contributed by atoms with E-state index in [1.807, 2.05) is 0 Å². The second-order valence-electron chi connectivity index (χ2n) is 5.46. The van der Waals surface area contributed by atoms with Crippen LogP contribution in [0.5, 0.6) is 0 Å². The molecule has 0 radical (unpaired) electrons. The fourth-order valence-corrected chi connectivity index (χ4v) is 3.17. The number of hydrazine groups is 1. The van der Waals surface area contributed by atoms with Crippen LogP contribution in [0.15, 0.2) is 18.2 Å². The third-order valence-electron chi connectivity index (χ3n) is 4.18. The predicted molar refractivity (Wildman–Crippen MR) is 73.0 cm³/mol. The molecule has 0 heterocycles. The zero-order valence-electron chi connectivity index (χ0n) is 11.3. The highest BCUT2D eigenvalue weighted by atomic mass is 35.5. The van der Waals surface area contributed by atoms with Crippen molar-refractivity contribution in [2.75, 3.05) is 0 Å². The Labute approximate surface area is 125 Å². The summed E-state index contributed by atoms with van der Waals surface area (Å²) in [6, 6.07) is 3.75. The van der Waals surface area contributed by atoms with E-state index in [0.717, 1.165) is 0 Å². The van der Waals surface area contributed by atoms with Gasteiger partial charge >= 0.3 is 6.18 Å². The molecular weight excluding hydrogens is 308 g/mol. The molecule has 7 heteroatoms. The van der Waals surface area contributed by atoms with Crippen LogP contribution in [0.4, 0.5) is 17.6 Å². The summed E-state index contributed by atoms with van der Waals surface area (Å²) in [5.41, 5.74) is 2.88. The first-order valence-electron chi connectivity index (χ1n) is 6.80. The number of benzene rings is 1. The lowest BCUT2D eigenvalue weighted by Crippen LogP contribution is -2.37. The fraction of sp³-hybridized carbons (Fsp3) is 0.571. The molecule has 1 unspecified atom stereocenters. The molecule has 2 nitrogen and oxygen atoms in total. The number of rotatable bonds is 3. The molecule has 0 bridgehead atoms. The van der Waals surface area contributed by atoms with Gasteiger partial charge in [0.15, 0.2) is 0 Å². The van der Waals surface area contributed by atoms with Crippen molar-refractivity contribution < 1.29 is 17.6 Å². The first-order valence-corrected chi connectivity index (χ1v) is 7.18. The van der Waals surface area contributed by atoms with Gasteiger partial charge in [0, 0.05) is 10.6 Å². The van der Waals surface area contributed by atoms with Crippen molar-refractivity contribution >= 4 is 11.6 Å². The van der Waals surface area contributed by atoms with Gasteiger partial charge < -0.3 is 0 Å². The number of nitrogens with one attached hydrogen (secondary N) is 1. The van der Waals surface area contributed by atoms with E-state index >= 15 is 0 Å². The molecule has 1 fully saturated rings. The van der Waals surface area contributed by atoms with E-state index in [-0.39, 0.29) is 23.8 Å². The molecule has 1 aromatic carbocycles. The number of hydrogen-bond acceptors (Lipinski definition) is 2. The lowest BCUT2D eigenvalue weighted by Gasteiger charge is -2.34. The predicted octanol–water partition coefficient (Wildman–Crippen LogP) is 4.35. The molecule has 0 aliphatic heterocycles. The standard InChI is InChI=1S/C14H17ClF4N2/c15-10-5-6-11(12(16)7-10)13(21-20)8-1-3-9(4-2-8)14(17,18)19/h5-9,13,21H,1-4,20H2. The van der Waals surface area contributed by atoms with E-state index in [2.05, 4.69) is 5.43 Å². The summed E-state index contributed by atoms with van der Waals surface area (Å²) in [6.45, 7) is 0. The van der Waals surface area contributed by atoms with Crippen molar-refractivity contribution in [2.45, 2.75) is 37.9 Å². The second kappa shape index (κ2) is 6.50. The van der Waals surface area contributed by atoms with Gasteiger partial charge in [-0.3, -0.25) is 11.3 Å². The maximum atomic E-state index is 13.9. The van der Waals surface area contributed by atoms with E-state index in [9.17, 15) is 17.6 Å². The molecule has 0 aromatic heterocycles. The topological polar surface area (TPSA) is 38.0 Å². The van der Waals surface area contributed by atoms with Gasteiger partial charge in [0.2, 0.25) is 0 Å². The van der Waals surface area contributed by atoms with Crippen LogP contribution in [0.25, 0.3) is 0 Å². The third-order valence-corrected chi connectivity index (χ3v) is 4.42. The fourth-order valence-electron chi connectivity index (χ4n) is 3.01. The average Bonchev–Trinajstić information content (AvgIpc) is 2.41. The van der Waals surface area contributed by atoms with Crippen LogP contribution in [0.3, 0.4) is 0 Å². The zero-order valence-corrected chi connectivity index (χ0v) is 12.0. The van der Waals surface area contributed by atoms with Gasteiger partial charge in [0.05, 0.1) is 12.0 Å². The first-order chi connectivity index (χ1) is 9.82. The molecule has 1 saturated carbocycles. The van der Waals surface area contributed by atoms with Crippen LogP contribution in [0.1, 0.15) is 37.3 Å². The lowest BCUT2D eigenvalue weighted by molar-refractivity contribution is -0.184. The number of alkyl halides is 3. The number of hydrogen-bond donors (Lipinski definition) is 2. The van der Waals surface area contributed by atoms with Crippen molar-refractivity contribution in [3.8, 4) is 0 Å². The van der Waals surface area contributed by atoms with E-state index in [0.29, 0.717) is 18.4 Å². The summed E-state index contributed by atoms with van der Waals surface area (Å²) in [7, 11) is 0. The molecule has 118 valence electrons. The molecule has 1 aliphatic carbocycles. The Kier molecular flexibility index (Phi) is 5.11. The second-order valence-corrected chi connectivity index (χ2v) is 5.90. The van der Waals surface area contributed by atoms with Gasteiger partial charge in [0.25, 0.3) is 0 Å². The Balaban J connectivity index is 2.09. The Morgan fingerprint density at radius 1 is 1.19 bits per heavy atom. The van der Waals surface area contributed by atoms with Gasteiger partial charge in [-0.15, -0.1) is 0 Å². The van der Waals surface area contributed by atoms with Gasteiger partial charge in [0.1, 0.15) is 5.82 Å². The van der Waals surface area contributed by atoms with Gasteiger partial charge in [-0.05, 0) is 43.7 Å². The Morgan fingerprint density at radius 2 is 1.81 bits per heavy atom. The third kappa shape index (κ3) is 3.87. The molecule has 1 aliphatic rings. The molecule has 1 atom stereocenters. The van der Waals surface area contributed by atoms with Crippen LogP contribution >= 0.6 is 11.6 Å². The zero-order chi connectivity index (χ0) is 15.6. The molecule has 0 amide bonds. The summed E-state index contributed by atoms with van der Waals surface area (Å²) >= 11 is 5.70. The van der Waals surface area contributed by atoms with Crippen LogP contribution in [0, 0.1) is 17.7 Å². The van der Waals surface area contributed by atoms with Crippen molar-refractivity contribution in [1.29, 1.82) is 0 Å². The maximum absolute atomic E-state index is 13.9. The number of nitrogens with two attached hydrogens (primary N) is 1. The van der Waals surface area contributed by atoms with Gasteiger partial charge in [-0.1, -0.05) is 17.7 Å². The molecule has 2 rings (SSSR count). The summed E-state index contributed by atoms with van der Waals surface area (Å²) in [6.07, 6.45) is -3.31. The Hall–Kier alpha value is -0.850. The van der Waals surface area contributed by atoms with Gasteiger partial charge in [-0.2, -0.15) is 13.2 Å². The highest BCUT2D eigenvalue weighted by molar-refractivity contribution is 6.30. The van der Waals surface area contributed by atoms with Crippen LogP contribution < -0.4 is 11.3 Å². The normalized spacial score (nSPS) is 24.9. The lowest BCUT2D eigenvalue weighted by atomic mass is 9.76. The van der Waals surface area contributed by atoms with Crippen molar-refractivity contribution in [1.82, 2.24) is 5.43 Å².